The van der Waals surface area contributed by atoms with E-state index in [0.29, 0.717) is 12.1 Å². The van der Waals surface area contributed by atoms with Crippen LogP contribution < -0.4 is 5.32 Å². The van der Waals surface area contributed by atoms with Crippen molar-refractivity contribution in [3.8, 4) is 0 Å². The van der Waals surface area contributed by atoms with Gasteiger partial charge < -0.3 is 10.1 Å². The summed E-state index contributed by atoms with van der Waals surface area (Å²) < 4.78 is 5.14. The van der Waals surface area contributed by atoms with Crippen LogP contribution in [0.5, 0.6) is 0 Å². The maximum Gasteiger partial charge on any atom is 0.0613 e. The SMILES string of the molecule is COCC(C)NC1CCc2ccc(Cl)cc21. The highest BCUT2D eigenvalue weighted by Crippen LogP contribution is 2.33. The van der Waals surface area contributed by atoms with Crippen molar-refractivity contribution in [2.75, 3.05) is 13.7 Å². The first-order valence-corrected chi connectivity index (χ1v) is 6.12. The van der Waals surface area contributed by atoms with Crippen LogP contribution in [0, 0.1) is 0 Å². The van der Waals surface area contributed by atoms with Gasteiger partial charge in [0.2, 0.25) is 0 Å². The molecule has 2 nitrogen and oxygen atoms in total. The van der Waals surface area contributed by atoms with Crippen LogP contribution in [0.3, 0.4) is 0 Å². The van der Waals surface area contributed by atoms with Gasteiger partial charge in [0, 0.05) is 24.2 Å². The van der Waals surface area contributed by atoms with Crippen LogP contribution in [0.1, 0.15) is 30.5 Å². The van der Waals surface area contributed by atoms with E-state index in [-0.39, 0.29) is 0 Å². The molecule has 0 radical (unpaired) electrons. The quantitative estimate of drug-likeness (QED) is 0.872. The summed E-state index contributed by atoms with van der Waals surface area (Å²) in [5, 5.41) is 4.41. The Balaban J connectivity index is 2.08. The third kappa shape index (κ3) is 2.57. The first-order valence-electron chi connectivity index (χ1n) is 5.74. The van der Waals surface area contributed by atoms with Gasteiger partial charge >= 0.3 is 0 Å². The molecule has 1 aromatic rings. The number of hydrogen-bond donors (Lipinski definition) is 1. The summed E-state index contributed by atoms with van der Waals surface area (Å²) in [6, 6.07) is 7.00. The molecule has 0 saturated carbocycles. The lowest BCUT2D eigenvalue weighted by molar-refractivity contribution is 0.166. The number of methoxy groups -OCH3 is 1. The zero-order chi connectivity index (χ0) is 11.5. The van der Waals surface area contributed by atoms with Crippen molar-refractivity contribution in [3.63, 3.8) is 0 Å². The molecule has 16 heavy (non-hydrogen) atoms. The van der Waals surface area contributed by atoms with Gasteiger partial charge in [-0.15, -0.1) is 0 Å². The first-order chi connectivity index (χ1) is 7.70. The first kappa shape index (κ1) is 11.9. The van der Waals surface area contributed by atoms with Gasteiger partial charge in [-0.3, -0.25) is 0 Å². The van der Waals surface area contributed by atoms with E-state index in [0.717, 1.165) is 24.5 Å². The second-order valence-electron chi connectivity index (χ2n) is 4.46. The Morgan fingerprint density at radius 2 is 2.38 bits per heavy atom. The Morgan fingerprint density at radius 1 is 1.56 bits per heavy atom. The molecule has 0 spiro atoms. The molecule has 0 heterocycles. The Bertz CT molecular complexity index is 367. The van der Waals surface area contributed by atoms with E-state index in [9.17, 15) is 0 Å². The largest absolute Gasteiger partial charge is 0.383 e. The number of rotatable bonds is 4. The molecule has 2 rings (SSSR count). The highest BCUT2D eigenvalue weighted by atomic mass is 35.5. The number of ether oxygens (including phenoxy) is 1. The fraction of sp³-hybridized carbons (Fsp3) is 0.538. The van der Waals surface area contributed by atoms with Gasteiger partial charge in [-0.2, -0.15) is 0 Å². The molecule has 88 valence electrons. The summed E-state index contributed by atoms with van der Waals surface area (Å²) in [5.74, 6) is 0. The third-order valence-electron chi connectivity index (χ3n) is 3.09. The van der Waals surface area contributed by atoms with Crippen LogP contribution in [0.25, 0.3) is 0 Å². The van der Waals surface area contributed by atoms with Crippen molar-refractivity contribution in [2.45, 2.75) is 31.8 Å². The minimum absolute atomic E-state index is 0.375. The number of halogens is 1. The van der Waals surface area contributed by atoms with E-state index in [2.05, 4.69) is 24.4 Å². The molecule has 1 aliphatic rings. The Hall–Kier alpha value is -0.570. The van der Waals surface area contributed by atoms with E-state index >= 15 is 0 Å². The van der Waals surface area contributed by atoms with E-state index < -0.39 is 0 Å². The van der Waals surface area contributed by atoms with Crippen LogP contribution in [-0.4, -0.2) is 19.8 Å². The zero-order valence-corrected chi connectivity index (χ0v) is 10.6. The molecular formula is C13H18ClNO. The number of hydrogen-bond acceptors (Lipinski definition) is 2. The molecule has 3 heteroatoms. The van der Waals surface area contributed by atoms with E-state index in [1.54, 1.807) is 7.11 Å². The summed E-state index contributed by atoms with van der Waals surface area (Å²) >= 11 is 6.03. The molecule has 2 unspecified atom stereocenters. The molecule has 1 aromatic carbocycles. The Morgan fingerprint density at radius 3 is 3.12 bits per heavy atom. The minimum Gasteiger partial charge on any atom is -0.383 e. The maximum absolute atomic E-state index is 6.03. The Kier molecular flexibility index (Phi) is 3.85. The third-order valence-corrected chi connectivity index (χ3v) is 3.32. The summed E-state index contributed by atoms with van der Waals surface area (Å²) in [7, 11) is 1.73. The molecule has 0 aromatic heterocycles. The molecule has 2 atom stereocenters. The summed E-state index contributed by atoms with van der Waals surface area (Å²) in [6.07, 6.45) is 2.30. The van der Waals surface area contributed by atoms with Crippen molar-refractivity contribution in [2.24, 2.45) is 0 Å². The van der Waals surface area contributed by atoms with Crippen LogP contribution >= 0.6 is 11.6 Å². The lowest BCUT2D eigenvalue weighted by Crippen LogP contribution is -2.32. The van der Waals surface area contributed by atoms with Crippen molar-refractivity contribution in [3.05, 3.63) is 34.3 Å². The van der Waals surface area contributed by atoms with E-state index in [4.69, 9.17) is 16.3 Å². The number of nitrogens with one attached hydrogen (secondary N) is 1. The highest BCUT2D eigenvalue weighted by Gasteiger charge is 2.23. The lowest BCUT2D eigenvalue weighted by atomic mass is 10.1. The fourth-order valence-electron chi connectivity index (χ4n) is 2.39. The van der Waals surface area contributed by atoms with E-state index in [1.807, 2.05) is 6.07 Å². The molecule has 0 saturated heterocycles. The average Bonchev–Trinajstić information content (AvgIpc) is 2.61. The van der Waals surface area contributed by atoms with Crippen molar-refractivity contribution in [1.29, 1.82) is 0 Å². The normalized spacial score (nSPS) is 20.8. The second kappa shape index (κ2) is 5.17. The van der Waals surface area contributed by atoms with Gasteiger partial charge in [0.1, 0.15) is 0 Å². The van der Waals surface area contributed by atoms with Crippen LogP contribution in [0.2, 0.25) is 5.02 Å². The van der Waals surface area contributed by atoms with Crippen LogP contribution in [0.4, 0.5) is 0 Å². The van der Waals surface area contributed by atoms with Gasteiger partial charge in [0.25, 0.3) is 0 Å². The smallest absolute Gasteiger partial charge is 0.0613 e. The van der Waals surface area contributed by atoms with Crippen molar-refractivity contribution in [1.82, 2.24) is 5.32 Å². The minimum atomic E-state index is 0.375. The van der Waals surface area contributed by atoms with Crippen molar-refractivity contribution < 1.29 is 4.74 Å². The Labute approximate surface area is 102 Å². The number of benzene rings is 1. The van der Waals surface area contributed by atoms with Crippen LogP contribution in [0.15, 0.2) is 18.2 Å². The van der Waals surface area contributed by atoms with Gasteiger partial charge in [-0.25, -0.2) is 0 Å². The summed E-state index contributed by atoms with van der Waals surface area (Å²) in [5.41, 5.74) is 2.78. The van der Waals surface area contributed by atoms with Gasteiger partial charge in [0.15, 0.2) is 0 Å². The number of aryl methyl sites for hydroxylation is 1. The second-order valence-corrected chi connectivity index (χ2v) is 4.89. The standard InChI is InChI=1S/C13H18ClNO/c1-9(8-16-2)15-13-6-4-10-3-5-11(14)7-12(10)13/h3,5,7,9,13,15H,4,6,8H2,1-2H3. The molecule has 0 fully saturated rings. The summed E-state index contributed by atoms with van der Waals surface area (Å²) in [4.78, 5) is 0. The molecule has 1 aliphatic carbocycles. The van der Waals surface area contributed by atoms with Gasteiger partial charge in [0.05, 0.1) is 6.61 Å². The monoisotopic (exact) mass is 239 g/mol. The maximum atomic E-state index is 6.03. The molecule has 0 bridgehead atoms. The van der Waals surface area contributed by atoms with Crippen molar-refractivity contribution >= 4 is 11.6 Å². The molecule has 0 aliphatic heterocycles. The van der Waals surface area contributed by atoms with Gasteiger partial charge in [-0.05, 0) is 43.0 Å². The topological polar surface area (TPSA) is 21.3 Å². The zero-order valence-electron chi connectivity index (χ0n) is 9.79. The molecule has 0 amide bonds. The predicted molar refractivity (Wildman–Crippen MR) is 67.0 cm³/mol. The van der Waals surface area contributed by atoms with Gasteiger partial charge in [-0.1, -0.05) is 17.7 Å². The lowest BCUT2D eigenvalue weighted by Gasteiger charge is -2.19. The average molecular weight is 240 g/mol. The van der Waals surface area contributed by atoms with E-state index in [1.165, 1.54) is 11.1 Å². The number of fused-ring (bicyclic) bond motifs is 1. The molecule has 1 N–H and O–H groups in total. The summed E-state index contributed by atoms with van der Waals surface area (Å²) in [6.45, 7) is 2.89. The predicted octanol–water partition coefficient (Wildman–Crippen LogP) is 2.95. The molecular weight excluding hydrogens is 222 g/mol. The highest BCUT2D eigenvalue weighted by molar-refractivity contribution is 6.30. The van der Waals surface area contributed by atoms with Crippen LogP contribution in [-0.2, 0) is 11.2 Å². The fourth-order valence-corrected chi connectivity index (χ4v) is 2.57.